The van der Waals surface area contributed by atoms with Crippen molar-refractivity contribution in [2.45, 2.75) is 0 Å². The van der Waals surface area contributed by atoms with Gasteiger partial charge in [0, 0.05) is 23.5 Å². The smallest absolute Gasteiger partial charge is 0.274 e. The average Bonchev–Trinajstić information content (AvgIpc) is 3.16. The van der Waals surface area contributed by atoms with Crippen LogP contribution in [0.3, 0.4) is 0 Å². The summed E-state index contributed by atoms with van der Waals surface area (Å²) in [6.07, 6.45) is 1.61. The van der Waals surface area contributed by atoms with Crippen molar-refractivity contribution in [3.63, 3.8) is 0 Å². The van der Waals surface area contributed by atoms with Crippen molar-refractivity contribution >= 4 is 23.0 Å². The fourth-order valence-corrected chi connectivity index (χ4v) is 2.64. The van der Waals surface area contributed by atoms with Gasteiger partial charge in [0.2, 0.25) is 6.79 Å². The molecule has 0 bridgehead atoms. The van der Waals surface area contributed by atoms with Crippen LogP contribution in [-0.2, 0) is 0 Å². The summed E-state index contributed by atoms with van der Waals surface area (Å²) in [5, 5.41) is 6.02. The molecule has 0 saturated carbocycles. The van der Waals surface area contributed by atoms with Crippen LogP contribution < -0.4 is 24.8 Å². The minimum Gasteiger partial charge on any atom is -0.497 e. The summed E-state index contributed by atoms with van der Waals surface area (Å²) in [6, 6.07) is 16.2. The lowest BCUT2D eigenvalue weighted by molar-refractivity contribution is 0.102. The number of anilines is 3. The minimum absolute atomic E-state index is 0.191. The molecule has 7 nitrogen and oxygen atoms in total. The van der Waals surface area contributed by atoms with Gasteiger partial charge in [-0.15, -0.1) is 0 Å². The first-order valence-electron chi connectivity index (χ1n) is 8.29. The molecule has 1 aromatic heterocycles. The Labute approximate surface area is 155 Å². The van der Waals surface area contributed by atoms with Gasteiger partial charge in [-0.2, -0.15) is 0 Å². The van der Waals surface area contributed by atoms with Crippen LogP contribution in [0.2, 0.25) is 0 Å². The van der Waals surface area contributed by atoms with E-state index in [1.54, 1.807) is 43.6 Å². The van der Waals surface area contributed by atoms with Crippen LogP contribution in [0.1, 0.15) is 10.5 Å². The summed E-state index contributed by atoms with van der Waals surface area (Å²) in [7, 11) is 1.62. The molecular weight excluding hydrogens is 346 g/mol. The van der Waals surface area contributed by atoms with E-state index in [1.807, 2.05) is 24.3 Å². The molecule has 0 aliphatic carbocycles. The van der Waals surface area contributed by atoms with Crippen molar-refractivity contribution < 1.29 is 19.0 Å². The third-order valence-corrected chi connectivity index (χ3v) is 3.98. The van der Waals surface area contributed by atoms with Crippen molar-refractivity contribution in [2.75, 3.05) is 24.5 Å². The van der Waals surface area contributed by atoms with Crippen LogP contribution in [0, 0.1) is 0 Å². The fraction of sp³-hybridized carbons (Fsp3) is 0.100. The summed E-state index contributed by atoms with van der Waals surface area (Å²) >= 11 is 0. The maximum Gasteiger partial charge on any atom is 0.274 e. The van der Waals surface area contributed by atoms with E-state index < -0.39 is 0 Å². The second kappa shape index (κ2) is 7.25. The molecule has 4 rings (SSSR count). The standard InChI is InChI=1S/C20H17N3O4/c1-25-16-4-2-3-13(9-16)22-15-5-7-17(21-11-15)20(24)23-14-6-8-18-19(10-14)27-12-26-18/h2-11,22H,12H2,1H3,(H,23,24). The zero-order chi connectivity index (χ0) is 18.6. The van der Waals surface area contributed by atoms with Crippen LogP contribution in [0.5, 0.6) is 17.2 Å². The lowest BCUT2D eigenvalue weighted by Gasteiger charge is -2.09. The number of hydrogen-bond acceptors (Lipinski definition) is 6. The number of hydrogen-bond donors (Lipinski definition) is 2. The molecule has 3 aromatic rings. The Balaban J connectivity index is 1.43. The first-order chi connectivity index (χ1) is 13.2. The van der Waals surface area contributed by atoms with E-state index in [-0.39, 0.29) is 12.7 Å². The average molecular weight is 363 g/mol. The SMILES string of the molecule is COc1cccc(Nc2ccc(C(=O)Nc3ccc4c(c3)OCO4)nc2)c1. The number of nitrogens with zero attached hydrogens (tertiary/aromatic N) is 1. The van der Waals surface area contributed by atoms with Crippen LogP contribution >= 0.6 is 0 Å². The van der Waals surface area contributed by atoms with Gasteiger partial charge in [0.1, 0.15) is 11.4 Å². The summed E-state index contributed by atoms with van der Waals surface area (Å²) in [5.41, 5.74) is 2.56. The Hall–Kier alpha value is -3.74. The molecule has 1 aliphatic heterocycles. The van der Waals surface area contributed by atoms with Gasteiger partial charge in [0.15, 0.2) is 11.5 Å². The van der Waals surface area contributed by atoms with Gasteiger partial charge in [-0.25, -0.2) is 4.98 Å². The van der Waals surface area contributed by atoms with Gasteiger partial charge in [-0.3, -0.25) is 4.79 Å². The first-order valence-corrected chi connectivity index (χ1v) is 8.29. The molecule has 2 aromatic carbocycles. The molecule has 2 N–H and O–H groups in total. The Morgan fingerprint density at radius 1 is 1.00 bits per heavy atom. The van der Waals surface area contributed by atoms with Crippen molar-refractivity contribution in [3.8, 4) is 17.2 Å². The van der Waals surface area contributed by atoms with E-state index in [2.05, 4.69) is 15.6 Å². The van der Waals surface area contributed by atoms with Gasteiger partial charge in [0.05, 0.1) is 19.0 Å². The molecule has 1 aliphatic rings. The van der Waals surface area contributed by atoms with E-state index in [0.717, 1.165) is 17.1 Å². The quantitative estimate of drug-likeness (QED) is 0.717. The maximum atomic E-state index is 12.4. The third kappa shape index (κ3) is 3.77. The molecule has 0 spiro atoms. The number of fused-ring (bicyclic) bond motifs is 1. The molecule has 0 fully saturated rings. The van der Waals surface area contributed by atoms with Crippen molar-refractivity contribution in [2.24, 2.45) is 0 Å². The molecule has 0 radical (unpaired) electrons. The number of aromatic nitrogens is 1. The molecule has 1 amide bonds. The van der Waals surface area contributed by atoms with Crippen LogP contribution in [-0.4, -0.2) is 24.8 Å². The molecular formula is C20H17N3O4. The van der Waals surface area contributed by atoms with E-state index in [0.29, 0.717) is 22.9 Å². The Kier molecular flexibility index (Phi) is 4.49. The number of rotatable bonds is 5. The highest BCUT2D eigenvalue weighted by Crippen LogP contribution is 2.34. The number of methoxy groups -OCH3 is 1. The Morgan fingerprint density at radius 3 is 2.67 bits per heavy atom. The van der Waals surface area contributed by atoms with E-state index in [9.17, 15) is 4.79 Å². The fourth-order valence-electron chi connectivity index (χ4n) is 2.64. The number of carbonyl (C=O) groups is 1. The molecule has 136 valence electrons. The zero-order valence-electron chi connectivity index (χ0n) is 14.6. The molecule has 0 atom stereocenters. The molecule has 2 heterocycles. The highest BCUT2D eigenvalue weighted by atomic mass is 16.7. The Morgan fingerprint density at radius 2 is 1.85 bits per heavy atom. The summed E-state index contributed by atoms with van der Waals surface area (Å²) < 4.78 is 15.8. The highest BCUT2D eigenvalue weighted by molar-refractivity contribution is 6.03. The van der Waals surface area contributed by atoms with Crippen molar-refractivity contribution in [3.05, 3.63) is 66.5 Å². The topological polar surface area (TPSA) is 81.7 Å². The van der Waals surface area contributed by atoms with Gasteiger partial charge in [0.25, 0.3) is 5.91 Å². The molecule has 0 unspecified atom stereocenters. The first kappa shape index (κ1) is 16.7. The normalized spacial score (nSPS) is 11.7. The van der Waals surface area contributed by atoms with E-state index in [1.165, 1.54) is 0 Å². The van der Waals surface area contributed by atoms with Crippen molar-refractivity contribution in [1.29, 1.82) is 0 Å². The molecule has 27 heavy (non-hydrogen) atoms. The van der Waals surface area contributed by atoms with Gasteiger partial charge >= 0.3 is 0 Å². The van der Waals surface area contributed by atoms with Crippen LogP contribution in [0.15, 0.2) is 60.8 Å². The van der Waals surface area contributed by atoms with Crippen molar-refractivity contribution in [1.82, 2.24) is 4.98 Å². The number of amides is 1. The van der Waals surface area contributed by atoms with E-state index >= 15 is 0 Å². The number of benzene rings is 2. The zero-order valence-corrected chi connectivity index (χ0v) is 14.6. The number of pyridine rings is 1. The van der Waals surface area contributed by atoms with Gasteiger partial charge < -0.3 is 24.8 Å². The maximum absolute atomic E-state index is 12.4. The summed E-state index contributed by atoms with van der Waals surface area (Å²) in [6.45, 7) is 0.191. The predicted octanol–water partition coefficient (Wildman–Crippen LogP) is 3.81. The highest BCUT2D eigenvalue weighted by Gasteiger charge is 2.15. The Bertz CT molecular complexity index is 973. The number of carbonyl (C=O) groups excluding carboxylic acids is 1. The minimum atomic E-state index is -0.304. The van der Waals surface area contributed by atoms with Crippen LogP contribution in [0.4, 0.5) is 17.1 Å². The van der Waals surface area contributed by atoms with E-state index in [4.69, 9.17) is 14.2 Å². The van der Waals surface area contributed by atoms with Crippen LogP contribution in [0.25, 0.3) is 0 Å². The van der Waals surface area contributed by atoms with Gasteiger partial charge in [-0.1, -0.05) is 6.07 Å². The number of ether oxygens (including phenoxy) is 3. The summed E-state index contributed by atoms with van der Waals surface area (Å²) in [5.74, 6) is 1.73. The second-order valence-electron chi connectivity index (χ2n) is 5.81. The lowest BCUT2D eigenvalue weighted by atomic mass is 10.2. The monoisotopic (exact) mass is 363 g/mol. The largest absolute Gasteiger partial charge is 0.497 e. The lowest BCUT2D eigenvalue weighted by Crippen LogP contribution is -2.13. The number of nitrogens with one attached hydrogen (secondary N) is 2. The molecule has 0 saturated heterocycles. The molecule has 7 heteroatoms. The van der Waals surface area contributed by atoms with Gasteiger partial charge in [-0.05, 0) is 36.4 Å². The third-order valence-electron chi connectivity index (χ3n) is 3.98. The summed E-state index contributed by atoms with van der Waals surface area (Å²) in [4.78, 5) is 16.6. The second-order valence-corrected chi connectivity index (χ2v) is 5.81. The predicted molar refractivity (Wildman–Crippen MR) is 101 cm³/mol.